The molecule has 7 heteroatoms. The van der Waals surface area contributed by atoms with Gasteiger partial charge in [-0.3, -0.25) is 0 Å². The lowest BCUT2D eigenvalue weighted by Gasteiger charge is -2.09. The Morgan fingerprint density at radius 1 is 1.36 bits per heavy atom. The van der Waals surface area contributed by atoms with Crippen LogP contribution in [0.4, 0.5) is 13.2 Å². The number of hydrogen-bond donors (Lipinski definition) is 1. The summed E-state index contributed by atoms with van der Waals surface area (Å²) in [7, 11) is 0. The third-order valence-corrected chi connectivity index (χ3v) is 2.79. The van der Waals surface area contributed by atoms with Gasteiger partial charge in [-0.25, -0.2) is 4.21 Å². The van der Waals surface area contributed by atoms with Crippen molar-refractivity contribution < 1.29 is 21.9 Å². The molecule has 2 nitrogen and oxygen atoms in total. The Labute approximate surface area is 88.5 Å². The highest BCUT2D eigenvalue weighted by molar-refractivity contribution is 9.10. The van der Waals surface area contributed by atoms with Crippen LogP contribution in [0.5, 0.6) is 0 Å². The second-order valence-electron chi connectivity index (χ2n) is 2.39. The van der Waals surface area contributed by atoms with Crippen LogP contribution in [0.1, 0.15) is 5.56 Å². The van der Waals surface area contributed by atoms with Crippen LogP contribution in [0.2, 0.25) is 0 Å². The number of rotatable bonds is 1. The fourth-order valence-corrected chi connectivity index (χ4v) is 1.70. The van der Waals surface area contributed by atoms with E-state index < -0.39 is 22.8 Å². The van der Waals surface area contributed by atoms with Crippen LogP contribution < -0.4 is 0 Å². The van der Waals surface area contributed by atoms with E-state index in [1.54, 1.807) is 0 Å². The first-order chi connectivity index (χ1) is 6.32. The summed E-state index contributed by atoms with van der Waals surface area (Å²) in [6, 6.07) is 2.88. The van der Waals surface area contributed by atoms with E-state index in [4.69, 9.17) is 4.55 Å². The van der Waals surface area contributed by atoms with Gasteiger partial charge in [0, 0.05) is 4.47 Å². The predicted molar refractivity (Wildman–Crippen MR) is 48.2 cm³/mol. The fraction of sp³-hybridized carbons (Fsp3) is 0.143. The Balaban J connectivity index is 3.29. The van der Waals surface area contributed by atoms with Crippen molar-refractivity contribution in [2.45, 2.75) is 11.1 Å². The zero-order valence-corrected chi connectivity index (χ0v) is 8.91. The molecule has 14 heavy (non-hydrogen) atoms. The summed E-state index contributed by atoms with van der Waals surface area (Å²) < 4.78 is 55.8. The minimum absolute atomic E-state index is 0.154. The lowest BCUT2D eigenvalue weighted by atomic mass is 10.2. The topological polar surface area (TPSA) is 37.3 Å². The highest BCUT2D eigenvalue weighted by atomic mass is 79.9. The molecule has 1 atom stereocenters. The summed E-state index contributed by atoms with van der Waals surface area (Å²) in [6.07, 6.45) is -4.53. The molecule has 0 amide bonds. The Morgan fingerprint density at radius 3 is 2.36 bits per heavy atom. The summed E-state index contributed by atoms with van der Waals surface area (Å²) in [4.78, 5) is -0.277. The van der Waals surface area contributed by atoms with Crippen molar-refractivity contribution in [1.82, 2.24) is 0 Å². The van der Waals surface area contributed by atoms with Crippen LogP contribution in [-0.4, -0.2) is 8.76 Å². The van der Waals surface area contributed by atoms with Crippen molar-refractivity contribution in [3.8, 4) is 0 Å². The van der Waals surface area contributed by atoms with Gasteiger partial charge in [-0.05, 0) is 18.2 Å². The molecule has 1 N–H and O–H groups in total. The average molecular weight is 289 g/mol. The third kappa shape index (κ3) is 2.55. The van der Waals surface area contributed by atoms with Crippen LogP contribution >= 0.6 is 15.9 Å². The molecular weight excluding hydrogens is 285 g/mol. The molecule has 0 heterocycles. The zero-order valence-electron chi connectivity index (χ0n) is 6.51. The molecule has 1 rings (SSSR count). The van der Waals surface area contributed by atoms with Gasteiger partial charge in [-0.15, -0.1) is 0 Å². The van der Waals surface area contributed by atoms with Crippen LogP contribution in [0.25, 0.3) is 0 Å². The van der Waals surface area contributed by atoms with Crippen molar-refractivity contribution in [2.75, 3.05) is 0 Å². The van der Waals surface area contributed by atoms with Crippen LogP contribution in [0.3, 0.4) is 0 Å². The molecule has 1 aromatic carbocycles. The minimum Gasteiger partial charge on any atom is -0.302 e. The highest BCUT2D eigenvalue weighted by Crippen LogP contribution is 2.35. The maximum atomic E-state index is 12.3. The Kier molecular flexibility index (Phi) is 3.33. The molecule has 0 aliphatic carbocycles. The van der Waals surface area contributed by atoms with E-state index in [1.807, 2.05) is 0 Å². The van der Waals surface area contributed by atoms with Crippen molar-refractivity contribution in [1.29, 1.82) is 0 Å². The van der Waals surface area contributed by atoms with Crippen LogP contribution in [-0.2, 0) is 17.3 Å². The largest absolute Gasteiger partial charge is 0.417 e. The van der Waals surface area contributed by atoms with E-state index in [0.717, 1.165) is 12.1 Å². The number of halogens is 4. The zero-order chi connectivity index (χ0) is 10.9. The SMILES string of the molecule is O=S(O)c1ccc(Br)c(C(F)(F)F)c1. The second-order valence-corrected chi connectivity index (χ2v) is 4.21. The molecule has 0 bridgehead atoms. The molecule has 78 valence electrons. The minimum atomic E-state index is -4.53. The standard InChI is InChI=1S/C7H4BrF3O2S/c8-6-2-1-4(14(12)13)3-5(6)7(9,10)11/h1-3H,(H,12,13). The van der Waals surface area contributed by atoms with E-state index in [0.29, 0.717) is 6.07 Å². The lowest BCUT2D eigenvalue weighted by molar-refractivity contribution is -0.138. The number of benzene rings is 1. The molecule has 0 aliphatic rings. The molecule has 0 saturated carbocycles. The van der Waals surface area contributed by atoms with Crippen molar-refractivity contribution >= 4 is 27.0 Å². The van der Waals surface area contributed by atoms with Crippen molar-refractivity contribution in [2.24, 2.45) is 0 Å². The smallest absolute Gasteiger partial charge is 0.302 e. The maximum absolute atomic E-state index is 12.3. The Bertz CT molecular complexity index is 378. The molecule has 0 saturated heterocycles. The van der Waals surface area contributed by atoms with E-state index >= 15 is 0 Å². The summed E-state index contributed by atoms with van der Waals surface area (Å²) in [5.74, 6) is 0. The summed E-state index contributed by atoms with van der Waals surface area (Å²) in [6.45, 7) is 0. The fourth-order valence-electron chi connectivity index (χ4n) is 0.830. The van der Waals surface area contributed by atoms with Gasteiger partial charge in [0.05, 0.1) is 10.5 Å². The molecular formula is C7H4BrF3O2S. The van der Waals surface area contributed by atoms with E-state index in [2.05, 4.69) is 15.9 Å². The number of hydrogen-bond acceptors (Lipinski definition) is 1. The summed E-state index contributed by atoms with van der Waals surface area (Å²) >= 11 is 0.312. The monoisotopic (exact) mass is 288 g/mol. The molecule has 1 unspecified atom stereocenters. The van der Waals surface area contributed by atoms with Gasteiger partial charge in [0.15, 0.2) is 11.1 Å². The molecule has 0 spiro atoms. The first-order valence-corrected chi connectivity index (χ1v) is 5.20. The van der Waals surface area contributed by atoms with Crippen LogP contribution in [0.15, 0.2) is 27.6 Å². The van der Waals surface area contributed by atoms with Crippen molar-refractivity contribution in [3.63, 3.8) is 0 Å². The number of alkyl halides is 3. The predicted octanol–water partition coefficient (Wildman–Crippen LogP) is 3.05. The summed E-state index contributed by atoms with van der Waals surface area (Å²) in [5.41, 5.74) is -0.961. The summed E-state index contributed by atoms with van der Waals surface area (Å²) in [5, 5.41) is 0. The van der Waals surface area contributed by atoms with E-state index in [9.17, 15) is 17.4 Å². The Hall–Kier alpha value is -0.400. The van der Waals surface area contributed by atoms with Gasteiger partial charge in [-0.1, -0.05) is 15.9 Å². The van der Waals surface area contributed by atoms with Gasteiger partial charge >= 0.3 is 6.18 Å². The maximum Gasteiger partial charge on any atom is 0.417 e. The van der Waals surface area contributed by atoms with Gasteiger partial charge in [-0.2, -0.15) is 13.2 Å². The van der Waals surface area contributed by atoms with E-state index in [1.165, 1.54) is 0 Å². The quantitative estimate of drug-likeness (QED) is 0.807. The third-order valence-electron chi connectivity index (χ3n) is 1.44. The molecule has 0 fully saturated rings. The molecule has 0 aliphatic heterocycles. The van der Waals surface area contributed by atoms with Gasteiger partial charge in [0.25, 0.3) is 0 Å². The molecule has 0 radical (unpaired) electrons. The van der Waals surface area contributed by atoms with Gasteiger partial charge in [0.2, 0.25) is 0 Å². The van der Waals surface area contributed by atoms with Crippen molar-refractivity contribution in [3.05, 3.63) is 28.2 Å². The highest BCUT2D eigenvalue weighted by Gasteiger charge is 2.33. The van der Waals surface area contributed by atoms with E-state index in [-0.39, 0.29) is 9.37 Å². The second kappa shape index (κ2) is 4.00. The molecule has 0 aromatic heterocycles. The first kappa shape index (κ1) is 11.7. The lowest BCUT2D eigenvalue weighted by Crippen LogP contribution is -2.07. The Morgan fingerprint density at radius 2 is 1.93 bits per heavy atom. The first-order valence-electron chi connectivity index (χ1n) is 3.30. The average Bonchev–Trinajstić information content (AvgIpc) is 2.02. The van der Waals surface area contributed by atoms with Gasteiger partial charge < -0.3 is 4.55 Å². The van der Waals surface area contributed by atoms with Crippen LogP contribution in [0, 0.1) is 0 Å². The van der Waals surface area contributed by atoms with Gasteiger partial charge in [0.1, 0.15) is 0 Å². The normalized spacial score (nSPS) is 14.1. The molecule has 1 aromatic rings.